The van der Waals surface area contributed by atoms with Crippen LogP contribution >= 0.6 is 0 Å². The summed E-state index contributed by atoms with van der Waals surface area (Å²) in [6.07, 6.45) is 2.21. The number of ether oxygens (including phenoxy) is 1. The fourth-order valence-electron chi connectivity index (χ4n) is 4.01. The second-order valence-corrected chi connectivity index (χ2v) is 9.93. The van der Waals surface area contributed by atoms with Gasteiger partial charge in [0.15, 0.2) is 0 Å². The fourth-order valence-corrected chi connectivity index (χ4v) is 4.01. The molecule has 0 atom stereocenters. The molecule has 1 saturated heterocycles. The van der Waals surface area contributed by atoms with E-state index >= 15 is 0 Å². The molecule has 2 aromatic rings. The summed E-state index contributed by atoms with van der Waals surface area (Å²) in [7, 11) is 1.61. The summed E-state index contributed by atoms with van der Waals surface area (Å²) in [5, 5.41) is 5.87. The molecule has 6 heteroatoms. The van der Waals surface area contributed by atoms with E-state index in [9.17, 15) is 9.59 Å². The molecule has 0 spiro atoms. The minimum Gasteiger partial charge on any atom is -0.383 e. The maximum absolute atomic E-state index is 13.0. The molecule has 33 heavy (non-hydrogen) atoms. The van der Waals surface area contributed by atoms with Crippen LogP contribution < -0.4 is 15.5 Å². The third-order valence-electron chi connectivity index (χ3n) is 6.23. The van der Waals surface area contributed by atoms with Gasteiger partial charge in [-0.3, -0.25) is 9.59 Å². The zero-order chi connectivity index (χ0) is 24.0. The average molecular weight is 452 g/mol. The molecule has 0 aliphatic carbocycles. The second-order valence-electron chi connectivity index (χ2n) is 9.93. The van der Waals surface area contributed by atoms with Crippen LogP contribution in [0.4, 0.5) is 11.4 Å². The number of carbonyl (C=O) groups excluding carboxylic acids is 2. The van der Waals surface area contributed by atoms with E-state index < -0.39 is 0 Å². The lowest BCUT2D eigenvalue weighted by Gasteiger charge is -2.33. The number of carbonyl (C=O) groups is 2. The predicted octanol–water partition coefficient (Wildman–Crippen LogP) is 4.85. The Morgan fingerprint density at radius 1 is 1.03 bits per heavy atom. The molecule has 1 fully saturated rings. The molecule has 3 rings (SSSR count). The highest BCUT2D eigenvalue weighted by Crippen LogP contribution is 2.29. The Bertz CT molecular complexity index is 956. The topological polar surface area (TPSA) is 70.7 Å². The monoisotopic (exact) mass is 451 g/mol. The van der Waals surface area contributed by atoms with Gasteiger partial charge in [-0.05, 0) is 60.1 Å². The van der Waals surface area contributed by atoms with Gasteiger partial charge >= 0.3 is 0 Å². The van der Waals surface area contributed by atoms with Crippen molar-refractivity contribution in [3.05, 3.63) is 59.2 Å². The van der Waals surface area contributed by atoms with E-state index in [4.69, 9.17) is 4.74 Å². The molecule has 0 radical (unpaired) electrons. The summed E-state index contributed by atoms with van der Waals surface area (Å²) in [6, 6.07) is 13.3. The number of nitrogens with zero attached hydrogens (tertiary/aromatic N) is 1. The molecule has 2 aromatic carbocycles. The van der Waals surface area contributed by atoms with Crippen molar-refractivity contribution in [2.45, 2.75) is 46.0 Å². The molecule has 2 N–H and O–H groups in total. The molecule has 0 aromatic heterocycles. The second kappa shape index (κ2) is 10.8. The maximum atomic E-state index is 13.0. The van der Waals surface area contributed by atoms with E-state index in [1.807, 2.05) is 36.4 Å². The Morgan fingerprint density at radius 3 is 2.30 bits per heavy atom. The molecule has 2 amide bonds. The Morgan fingerprint density at radius 2 is 1.70 bits per heavy atom. The first kappa shape index (κ1) is 24.8. The van der Waals surface area contributed by atoms with Crippen molar-refractivity contribution in [1.82, 2.24) is 5.32 Å². The van der Waals surface area contributed by atoms with Crippen molar-refractivity contribution in [2.75, 3.05) is 43.6 Å². The van der Waals surface area contributed by atoms with Crippen LogP contribution in [0.25, 0.3) is 0 Å². The van der Waals surface area contributed by atoms with E-state index in [0.717, 1.165) is 31.6 Å². The van der Waals surface area contributed by atoms with Gasteiger partial charge in [0.1, 0.15) is 0 Å². The van der Waals surface area contributed by atoms with E-state index in [0.29, 0.717) is 35.9 Å². The summed E-state index contributed by atoms with van der Waals surface area (Å²) in [5.41, 5.74) is 3.87. The van der Waals surface area contributed by atoms with Gasteiger partial charge in [0.25, 0.3) is 11.8 Å². The summed E-state index contributed by atoms with van der Waals surface area (Å²) >= 11 is 0. The predicted molar refractivity (Wildman–Crippen MR) is 134 cm³/mol. The number of hydrogen-bond acceptors (Lipinski definition) is 4. The van der Waals surface area contributed by atoms with Gasteiger partial charge in [-0.2, -0.15) is 0 Å². The number of benzene rings is 2. The minimum absolute atomic E-state index is 0.0299. The Kier molecular flexibility index (Phi) is 8.14. The number of amides is 2. The van der Waals surface area contributed by atoms with Crippen LogP contribution in [0.3, 0.4) is 0 Å². The van der Waals surface area contributed by atoms with E-state index in [1.165, 1.54) is 5.56 Å². The standard InChI is InChI=1S/C27H37N3O3/c1-19-12-15-30(16-13-19)24-11-10-22(18-23(24)26(32)28-14-17-33-5)29-25(31)20-6-8-21(9-7-20)27(2,3)4/h6-11,18-19H,12-17H2,1-5H3,(H,28,32)(H,29,31). The molecule has 0 bridgehead atoms. The smallest absolute Gasteiger partial charge is 0.255 e. The van der Waals surface area contributed by atoms with Crippen molar-refractivity contribution < 1.29 is 14.3 Å². The zero-order valence-electron chi connectivity index (χ0n) is 20.5. The lowest BCUT2D eigenvalue weighted by Crippen LogP contribution is -2.35. The lowest BCUT2D eigenvalue weighted by molar-refractivity contribution is 0.0936. The number of anilines is 2. The van der Waals surface area contributed by atoms with Crippen LogP contribution in [0.1, 0.15) is 66.8 Å². The van der Waals surface area contributed by atoms with Gasteiger partial charge in [0, 0.05) is 43.7 Å². The van der Waals surface area contributed by atoms with Crippen LogP contribution in [-0.2, 0) is 10.2 Å². The van der Waals surface area contributed by atoms with Gasteiger partial charge in [-0.25, -0.2) is 0 Å². The first-order chi connectivity index (χ1) is 15.7. The summed E-state index contributed by atoms with van der Waals surface area (Å²) in [6.45, 7) is 11.4. The van der Waals surface area contributed by atoms with Crippen LogP contribution in [-0.4, -0.2) is 45.2 Å². The first-order valence-corrected chi connectivity index (χ1v) is 11.8. The number of piperidine rings is 1. The molecule has 0 saturated carbocycles. The molecule has 1 aliphatic heterocycles. The SMILES string of the molecule is COCCNC(=O)c1cc(NC(=O)c2ccc(C(C)(C)C)cc2)ccc1N1CCC(C)CC1. The summed E-state index contributed by atoms with van der Waals surface area (Å²) in [5.74, 6) is 0.343. The first-order valence-electron chi connectivity index (χ1n) is 11.8. The molecular weight excluding hydrogens is 414 g/mol. The Labute approximate surface area is 197 Å². The fraction of sp³-hybridized carbons (Fsp3) is 0.481. The highest BCUT2D eigenvalue weighted by Gasteiger charge is 2.22. The van der Waals surface area contributed by atoms with Crippen molar-refractivity contribution >= 4 is 23.2 Å². The zero-order valence-corrected chi connectivity index (χ0v) is 20.5. The number of nitrogens with one attached hydrogen (secondary N) is 2. The normalized spacial score (nSPS) is 14.8. The third-order valence-corrected chi connectivity index (χ3v) is 6.23. The lowest BCUT2D eigenvalue weighted by atomic mass is 9.87. The maximum Gasteiger partial charge on any atom is 0.255 e. The summed E-state index contributed by atoms with van der Waals surface area (Å²) < 4.78 is 5.06. The van der Waals surface area contributed by atoms with Crippen LogP contribution in [0.2, 0.25) is 0 Å². The Hall–Kier alpha value is -2.86. The van der Waals surface area contributed by atoms with Gasteiger partial charge < -0.3 is 20.3 Å². The minimum atomic E-state index is -0.194. The van der Waals surface area contributed by atoms with Gasteiger partial charge in [-0.1, -0.05) is 39.8 Å². The molecule has 1 aliphatic rings. The summed E-state index contributed by atoms with van der Waals surface area (Å²) in [4.78, 5) is 28.1. The van der Waals surface area contributed by atoms with Crippen molar-refractivity contribution in [2.24, 2.45) is 5.92 Å². The molecule has 178 valence electrons. The van der Waals surface area contributed by atoms with Crippen molar-refractivity contribution in [3.63, 3.8) is 0 Å². The number of hydrogen-bond donors (Lipinski definition) is 2. The van der Waals surface area contributed by atoms with E-state index in [-0.39, 0.29) is 17.2 Å². The van der Waals surface area contributed by atoms with E-state index in [1.54, 1.807) is 13.2 Å². The largest absolute Gasteiger partial charge is 0.383 e. The van der Waals surface area contributed by atoms with Crippen molar-refractivity contribution in [3.8, 4) is 0 Å². The van der Waals surface area contributed by atoms with Crippen molar-refractivity contribution in [1.29, 1.82) is 0 Å². The number of methoxy groups -OCH3 is 1. The third kappa shape index (κ3) is 6.57. The van der Waals surface area contributed by atoms with Crippen LogP contribution in [0, 0.1) is 5.92 Å². The average Bonchev–Trinajstić information content (AvgIpc) is 2.79. The molecule has 0 unspecified atom stereocenters. The Balaban J connectivity index is 1.81. The molecule has 6 nitrogen and oxygen atoms in total. The molecule has 1 heterocycles. The van der Waals surface area contributed by atoms with Gasteiger partial charge in [0.05, 0.1) is 12.2 Å². The van der Waals surface area contributed by atoms with Crippen LogP contribution in [0.5, 0.6) is 0 Å². The number of rotatable bonds is 7. The molecular formula is C27H37N3O3. The van der Waals surface area contributed by atoms with Gasteiger partial charge in [-0.15, -0.1) is 0 Å². The van der Waals surface area contributed by atoms with Crippen LogP contribution in [0.15, 0.2) is 42.5 Å². The van der Waals surface area contributed by atoms with E-state index in [2.05, 4.69) is 43.2 Å². The quantitative estimate of drug-likeness (QED) is 0.591. The highest BCUT2D eigenvalue weighted by molar-refractivity contribution is 6.06. The van der Waals surface area contributed by atoms with Gasteiger partial charge in [0.2, 0.25) is 0 Å². The highest BCUT2D eigenvalue weighted by atomic mass is 16.5.